The van der Waals surface area contributed by atoms with Crippen molar-refractivity contribution in [2.75, 3.05) is 13.2 Å². The Hall–Kier alpha value is -1.56. The van der Waals surface area contributed by atoms with Crippen LogP contribution < -0.4 is 10.6 Å². The minimum Gasteiger partial charge on any atom is -0.394 e. The molecule has 1 atom stereocenters. The molecule has 6 heteroatoms. The van der Waals surface area contributed by atoms with Crippen LogP contribution in [0.4, 0.5) is 4.79 Å². The molecule has 3 N–H and O–H groups in total. The van der Waals surface area contributed by atoms with Crippen LogP contribution in [-0.2, 0) is 6.54 Å². The second-order valence-electron chi connectivity index (χ2n) is 6.17. The van der Waals surface area contributed by atoms with Crippen LogP contribution >= 0.6 is 0 Å². The number of urea groups is 1. The third kappa shape index (κ3) is 7.13. The predicted octanol–water partition coefficient (Wildman–Crippen LogP) is 1.37. The number of hydrogen-bond donors (Lipinski definition) is 3. The second-order valence-corrected chi connectivity index (χ2v) is 6.17. The van der Waals surface area contributed by atoms with Crippen LogP contribution in [0.5, 0.6) is 0 Å². The number of aryl methyl sites for hydroxylation is 1. The van der Waals surface area contributed by atoms with E-state index in [9.17, 15) is 9.90 Å². The van der Waals surface area contributed by atoms with Crippen molar-refractivity contribution in [3.05, 3.63) is 18.5 Å². The topological polar surface area (TPSA) is 79.2 Å². The van der Waals surface area contributed by atoms with Crippen molar-refractivity contribution in [2.24, 2.45) is 5.41 Å². The van der Waals surface area contributed by atoms with Crippen molar-refractivity contribution in [1.29, 1.82) is 0 Å². The third-order valence-electron chi connectivity index (χ3n) is 2.82. The number of carbonyl (C=O) groups excluding carboxylic acids is 1. The summed E-state index contributed by atoms with van der Waals surface area (Å²) in [6.45, 7) is 7.56. The van der Waals surface area contributed by atoms with E-state index in [0.717, 1.165) is 19.4 Å². The first kappa shape index (κ1) is 16.5. The van der Waals surface area contributed by atoms with Gasteiger partial charge in [0, 0.05) is 25.5 Å². The lowest BCUT2D eigenvalue weighted by atomic mass is 9.88. The van der Waals surface area contributed by atoms with Gasteiger partial charge in [-0.25, -0.2) is 4.79 Å². The van der Waals surface area contributed by atoms with Gasteiger partial charge >= 0.3 is 6.03 Å². The Morgan fingerprint density at radius 1 is 1.45 bits per heavy atom. The smallest absolute Gasteiger partial charge is 0.315 e. The number of aliphatic hydroxyl groups excluding tert-OH is 1. The van der Waals surface area contributed by atoms with Gasteiger partial charge in [0.1, 0.15) is 0 Å². The summed E-state index contributed by atoms with van der Waals surface area (Å²) in [4.78, 5) is 11.7. The molecule has 0 aromatic carbocycles. The molecule has 0 saturated heterocycles. The van der Waals surface area contributed by atoms with Crippen molar-refractivity contribution < 1.29 is 9.90 Å². The molecule has 0 aliphatic rings. The summed E-state index contributed by atoms with van der Waals surface area (Å²) in [5, 5.41) is 19.0. The number of rotatable bonds is 7. The van der Waals surface area contributed by atoms with E-state index in [1.807, 2.05) is 16.9 Å². The van der Waals surface area contributed by atoms with Gasteiger partial charge in [-0.05, 0) is 24.3 Å². The van der Waals surface area contributed by atoms with Gasteiger partial charge in [-0.15, -0.1) is 0 Å². The molecule has 0 spiro atoms. The van der Waals surface area contributed by atoms with Crippen LogP contribution in [0.15, 0.2) is 18.5 Å². The maximum atomic E-state index is 11.7. The average Bonchev–Trinajstić information content (AvgIpc) is 2.85. The lowest BCUT2D eigenvalue weighted by Gasteiger charge is -2.25. The highest BCUT2D eigenvalue weighted by Crippen LogP contribution is 2.20. The first-order valence-electron chi connectivity index (χ1n) is 7.03. The molecular formula is C14H26N4O2. The average molecular weight is 282 g/mol. The molecule has 0 radical (unpaired) electrons. The number of carbonyl (C=O) groups is 1. The van der Waals surface area contributed by atoms with Crippen LogP contribution in [0, 0.1) is 5.41 Å². The van der Waals surface area contributed by atoms with Crippen molar-refractivity contribution in [3.63, 3.8) is 0 Å². The highest BCUT2D eigenvalue weighted by Gasteiger charge is 2.19. The summed E-state index contributed by atoms with van der Waals surface area (Å²) in [5.41, 5.74) is 0.0702. The first-order chi connectivity index (χ1) is 9.40. The standard InChI is InChI=1S/C14H26N4O2/c1-14(2,3)10-12(11-19)17-13(20)15-6-4-8-18-9-5-7-16-18/h5,7,9,12,19H,4,6,8,10-11H2,1-3H3,(H2,15,17,20). The molecule has 0 fully saturated rings. The largest absolute Gasteiger partial charge is 0.394 e. The van der Waals surface area contributed by atoms with Crippen molar-refractivity contribution in [3.8, 4) is 0 Å². The number of aromatic nitrogens is 2. The lowest BCUT2D eigenvalue weighted by Crippen LogP contribution is -2.45. The SMILES string of the molecule is CC(C)(C)CC(CO)NC(=O)NCCCn1cccn1. The molecule has 1 aromatic rings. The van der Waals surface area contributed by atoms with E-state index in [4.69, 9.17) is 0 Å². The molecule has 0 aliphatic heterocycles. The van der Waals surface area contributed by atoms with Gasteiger partial charge in [0.15, 0.2) is 0 Å². The fourth-order valence-corrected chi connectivity index (χ4v) is 2.01. The van der Waals surface area contributed by atoms with Gasteiger partial charge in [0.25, 0.3) is 0 Å². The zero-order valence-corrected chi connectivity index (χ0v) is 12.6. The van der Waals surface area contributed by atoms with Gasteiger partial charge in [0.05, 0.1) is 12.6 Å². The number of aliphatic hydroxyl groups is 1. The predicted molar refractivity (Wildman–Crippen MR) is 78.3 cm³/mol. The van der Waals surface area contributed by atoms with Gasteiger partial charge in [-0.3, -0.25) is 4.68 Å². The summed E-state index contributed by atoms with van der Waals surface area (Å²) >= 11 is 0. The van der Waals surface area contributed by atoms with E-state index in [2.05, 4.69) is 36.5 Å². The van der Waals surface area contributed by atoms with Crippen molar-refractivity contribution >= 4 is 6.03 Å². The Bertz CT molecular complexity index is 384. The molecule has 0 saturated carbocycles. The highest BCUT2D eigenvalue weighted by atomic mass is 16.3. The minimum absolute atomic E-state index is 0.0437. The normalized spacial score (nSPS) is 13.0. The fourth-order valence-electron chi connectivity index (χ4n) is 2.01. The molecule has 0 bridgehead atoms. The Morgan fingerprint density at radius 3 is 2.75 bits per heavy atom. The Labute approximate surface area is 120 Å². The summed E-state index contributed by atoms with van der Waals surface area (Å²) in [5.74, 6) is 0. The van der Waals surface area contributed by atoms with E-state index in [0.29, 0.717) is 6.54 Å². The number of hydrogen-bond acceptors (Lipinski definition) is 3. The molecule has 114 valence electrons. The molecular weight excluding hydrogens is 256 g/mol. The summed E-state index contributed by atoms with van der Waals surface area (Å²) in [6.07, 6.45) is 5.19. The Balaban J connectivity index is 2.18. The third-order valence-corrected chi connectivity index (χ3v) is 2.82. The summed E-state index contributed by atoms with van der Waals surface area (Å²) in [7, 11) is 0. The quantitative estimate of drug-likeness (QED) is 0.661. The molecule has 1 unspecified atom stereocenters. The summed E-state index contributed by atoms with van der Waals surface area (Å²) < 4.78 is 1.83. The zero-order chi connectivity index (χ0) is 15.0. The minimum atomic E-state index is -0.228. The molecule has 1 heterocycles. The molecule has 0 aliphatic carbocycles. The van der Waals surface area contributed by atoms with Crippen LogP contribution in [0.25, 0.3) is 0 Å². The molecule has 1 aromatic heterocycles. The van der Waals surface area contributed by atoms with E-state index in [-0.39, 0.29) is 24.1 Å². The van der Waals surface area contributed by atoms with E-state index in [1.54, 1.807) is 6.20 Å². The van der Waals surface area contributed by atoms with E-state index < -0.39 is 0 Å². The Kier molecular flexibility index (Phi) is 6.51. The van der Waals surface area contributed by atoms with Crippen LogP contribution in [0.1, 0.15) is 33.6 Å². The number of nitrogens with one attached hydrogen (secondary N) is 2. The molecule has 1 rings (SSSR count). The number of nitrogens with zero attached hydrogens (tertiary/aromatic N) is 2. The first-order valence-corrected chi connectivity index (χ1v) is 7.03. The van der Waals surface area contributed by atoms with Gasteiger partial charge < -0.3 is 15.7 Å². The fraction of sp³-hybridized carbons (Fsp3) is 0.714. The molecule has 2 amide bonds. The molecule has 20 heavy (non-hydrogen) atoms. The molecule has 6 nitrogen and oxygen atoms in total. The van der Waals surface area contributed by atoms with Gasteiger partial charge in [0.2, 0.25) is 0 Å². The monoisotopic (exact) mass is 282 g/mol. The maximum absolute atomic E-state index is 11.7. The van der Waals surface area contributed by atoms with E-state index in [1.165, 1.54) is 0 Å². The van der Waals surface area contributed by atoms with Crippen LogP contribution in [0.2, 0.25) is 0 Å². The summed E-state index contributed by atoms with van der Waals surface area (Å²) in [6, 6.07) is 1.44. The second kappa shape index (κ2) is 7.89. The van der Waals surface area contributed by atoms with Crippen molar-refractivity contribution in [1.82, 2.24) is 20.4 Å². The van der Waals surface area contributed by atoms with Gasteiger partial charge in [-0.2, -0.15) is 5.10 Å². The van der Waals surface area contributed by atoms with Gasteiger partial charge in [-0.1, -0.05) is 20.8 Å². The highest BCUT2D eigenvalue weighted by molar-refractivity contribution is 5.74. The van der Waals surface area contributed by atoms with Crippen LogP contribution in [0.3, 0.4) is 0 Å². The van der Waals surface area contributed by atoms with Crippen molar-refractivity contribution in [2.45, 2.75) is 46.2 Å². The lowest BCUT2D eigenvalue weighted by molar-refractivity contribution is 0.191. The number of amides is 2. The Morgan fingerprint density at radius 2 is 2.20 bits per heavy atom. The van der Waals surface area contributed by atoms with Crippen LogP contribution in [-0.4, -0.2) is 40.1 Å². The maximum Gasteiger partial charge on any atom is 0.315 e. The van der Waals surface area contributed by atoms with E-state index >= 15 is 0 Å². The zero-order valence-electron chi connectivity index (χ0n) is 12.6.